The van der Waals surface area contributed by atoms with Crippen LogP contribution in [0.2, 0.25) is 0 Å². The maximum Gasteiger partial charge on any atom is 0.407 e. The van der Waals surface area contributed by atoms with Crippen LogP contribution in [0.1, 0.15) is 29.0 Å². The summed E-state index contributed by atoms with van der Waals surface area (Å²) in [6, 6.07) is 21.7. The number of nitrogens with one attached hydrogen (secondary N) is 1. The molecule has 4 rings (SSSR count). The van der Waals surface area contributed by atoms with Crippen molar-refractivity contribution in [3.8, 4) is 16.9 Å². The number of hydrogen-bond acceptors (Lipinski definition) is 4. The minimum atomic E-state index is -0.433. The Labute approximate surface area is 175 Å². The van der Waals surface area contributed by atoms with Crippen molar-refractivity contribution in [3.05, 3.63) is 89.5 Å². The largest absolute Gasteiger partial charge is 0.505 e. The lowest BCUT2D eigenvalue weighted by Gasteiger charge is -2.14. The van der Waals surface area contributed by atoms with Crippen LogP contribution in [0.3, 0.4) is 0 Å². The van der Waals surface area contributed by atoms with Gasteiger partial charge in [0.1, 0.15) is 12.4 Å². The maximum atomic E-state index is 12.1. The van der Waals surface area contributed by atoms with E-state index in [0.29, 0.717) is 30.8 Å². The van der Waals surface area contributed by atoms with E-state index in [2.05, 4.69) is 29.6 Å². The number of phenols is 1. The molecule has 5 heteroatoms. The van der Waals surface area contributed by atoms with Crippen molar-refractivity contribution in [2.75, 3.05) is 18.9 Å². The number of aromatic hydroxyl groups is 1. The van der Waals surface area contributed by atoms with Crippen LogP contribution < -0.4 is 11.1 Å². The second-order valence-electron chi connectivity index (χ2n) is 7.23. The molecular weight excluding hydrogens is 376 g/mol. The summed E-state index contributed by atoms with van der Waals surface area (Å²) in [6.45, 7) is 0.739. The first-order chi connectivity index (χ1) is 14.6. The van der Waals surface area contributed by atoms with Crippen molar-refractivity contribution in [3.63, 3.8) is 0 Å². The van der Waals surface area contributed by atoms with E-state index in [0.717, 1.165) is 0 Å². The van der Waals surface area contributed by atoms with E-state index in [1.807, 2.05) is 30.3 Å². The third-order valence-electron chi connectivity index (χ3n) is 5.32. The Balaban J connectivity index is 1.28. The number of alkyl carbamates (subject to hydrolysis) is 1. The Morgan fingerprint density at radius 2 is 1.67 bits per heavy atom. The van der Waals surface area contributed by atoms with Crippen LogP contribution in [-0.2, 0) is 4.74 Å². The van der Waals surface area contributed by atoms with Gasteiger partial charge in [-0.2, -0.15) is 0 Å². The summed E-state index contributed by atoms with van der Waals surface area (Å²) in [5.41, 5.74) is 11.5. The number of carbonyl (C=O) groups is 1. The molecule has 0 bridgehead atoms. The number of ether oxygens (including phenoxy) is 1. The zero-order chi connectivity index (χ0) is 20.9. The number of fused-ring (bicyclic) bond motifs is 3. The minimum absolute atomic E-state index is 0.0505. The summed E-state index contributed by atoms with van der Waals surface area (Å²) in [7, 11) is 0. The van der Waals surface area contributed by atoms with E-state index in [1.54, 1.807) is 24.3 Å². The molecule has 5 nitrogen and oxygen atoms in total. The number of phenolic OH excluding ortho intramolecular Hbond substituents is 1. The Hall–Kier alpha value is -3.73. The molecule has 0 aromatic heterocycles. The van der Waals surface area contributed by atoms with Crippen molar-refractivity contribution >= 4 is 17.9 Å². The van der Waals surface area contributed by atoms with Crippen molar-refractivity contribution < 1.29 is 14.6 Å². The van der Waals surface area contributed by atoms with Gasteiger partial charge in [0.15, 0.2) is 0 Å². The van der Waals surface area contributed by atoms with Gasteiger partial charge in [0, 0.05) is 18.0 Å². The Morgan fingerprint density at radius 1 is 1.00 bits per heavy atom. The third-order valence-corrected chi connectivity index (χ3v) is 5.32. The second kappa shape index (κ2) is 8.74. The highest BCUT2D eigenvalue weighted by molar-refractivity contribution is 5.79. The zero-order valence-electron chi connectivity index (χ0n) is 16.5. The fourth-order valence-corrected chi connectivity index (χ4v) is 3.83. The molecule has 3 aromatic carbocycles. The van der Waals surface area contributed by atoms with Gasteiger partial charge in [-0.05, 0) is 34.7 Å². The number of nitrogen functional groups attached to an aromatic ring is 1. The molecule has 0 radical (unpaired) electrons. The monoisotopic (exact) mass is 400 g/mol. The summed E-state index contributed by atoms with van der Waals surface area (Å²) < 4.78 is 5.51. The number of rotatable bonds is 6. The molecule has 152 valence electrons. The first-order valence-electron chi connectivity index (χ1n) is 9.98. The van der Waals surface area contributed by atoms with Crippen molar-refractivity contribution in [2.45, 2.75) is 12.3 Å². The number of carbonyl (C=O) groups excluding carboxylic acids is 1. The first kappa shape index (κ1) is 19.6. The van der Waals surface area contributed by atoms with Gasteiger partial charge in [0.25, 0.3) is 0 Å². The predicted molar refractivity (Wildman–Crippen MR) is 119 cm³/mol. The molecule has 0 fully saturated rings. The number of benzene rings is 3. The van der Waals surface area contributed by atoms with Crippen LogP contribution in [0.15, 0.2) is 72.8 Å². The van der Waals surface area contributed by atoms with Gasteiger partial charge in [-0.15, -0.1) is 0 Å². The number of nitrogens with two attached hydrogens (primary N) is 1. The van der Waals surface area contributed by atoms with Crippen LogP contribution in [0, 0.1) is 0 Å². The fraction of sp³-hybridized carbons (Fsp3) is 0.160. The van der Waals surface area contributed by atoms with Crippen LogP contribution in [0.5, 0.6) is 5.75 Å². The highest BCUT2D eigenvalue weighted by Gasteiger charge is 2.28. The molecule has 0 aliphatic heterocycles. The molecule has 0 atom stereocenters. The van der Waals surface area contributed by atoms with Gasteiger partial charge in [-0.3, -0.25) is 0 Å². The van der Waals surface area contributed by atoms with Crippen LogP contribution in [0.25, 0.3) is 17.2 Å². The van der Waals surface area contributed by atoms with E-state index in [-0.39, 0.29) is 11.7 Å². The van der Waals surface area contributed by atoms with Gasteiger partial charge >= 0.3 is 6.09 Å². The average Bonchev–Trinajstić information content (AvgIpc) is 3.09. The molecule has 1 amide bonds. The quantitative estimate of drug-likeness (QED) is 0.312. The molecule has 30 heavy (non-hydrogen) atoms. The van der Waals surface area contributed by atoms with Crippen molar-refractivity contribution in [1.82, 2.24) is 5.32 Å². The summed E-state index contributed by atoms with van der Waals surface area (Å²) >= 11 is 0. The number of para-hydroxylation sites is 1. The lowest BCUT2D eigenvalue weighted by molar-refractivity contribution is 0.143. The summed E-state index contributed by atoms with van der Waals surface area (Å²) in [5, 5.41) is 12.7. The molecule has 4 N–H and O–H groups in total. The SMILES string of the molecule is Nc1cccc(C=CCCNC(=O)OCC2c3ccccc3-c3ccccc32)c1O. The first-order valence-corrected chi connectivity index (χ1v) is 9.98. The molecule has 0 saturated heterocycles. The van der Waals surface area contributed by atoms with Crippen molar-refractivity contribution in [1.29, 1.82) is 0 Å². The standard InChI is InChI=1S/C25H24N2O3/c26-23-14-7-9-17(24(23)28)8-5-6-15-27-25(29)30-16-22-20-12-3-1-10-18(20)19-11-2-4-13-21(19)22/h1-5,7-14,22,28H,6,15-16,26H2,(H,27,29). The zero-order valence-corrected chi connectivity index (χ0v) is 16.5. The van der Waals surface area contributed by atoms with E-state index < -0.39 is 6.09 Å². The lowest BCUT2D eigenvalue weighted by Crippen LogP contribution is -2.26. The summed E-state index contributed by atoms with van der Waals surface area (Å²) in [4.78, 5) is 12.1. The van der Waals surface area contributed by atoms with E-state index in [9.17, 15) is 9.90 Å². The summed E-state index contributed by atoms with van der Waals surface area (Å²) in [5.74, 6) is 0.118. The average molecular weight is 400 g/mol. The third kappa shape index (κ3) is 4.01. The molecular formula is C25H24N2O3. The molecule has 1 aliphatic rings. The maximum absolute atomic E-state index is 12.1. The van der Waals surface area contributed by atoms with Crippen molar-refractivity contribution in [2.24, 2.45) is 0 Å². The van der Waals surface area contributed by atoms with E-state index in [1.165, 1.54) is 22.3 Å². The smallest absolute Gasteiger partial charge is 0.407 e. The predicted octanol–water partition coefficient (Wildman–Crippen LogP) is 4.92. The Kier molecular flexibility index (Phi) is 5.70. The molecule has 0 unspecified atom stereocenters. The van der Waals surface area contributed by atoms with Gasteiger partial charge in [-0.25, -0.2) is 4.79 Å². The Morgan fingerprint density at radius 3 is 2.37 bits per heavy atom. The molecule has 0 saturated carbocycles. The van der Waals surface area contributed by atoms with Crippen LogP contribution >= 0.6 is 0 Å². The Bertz CT molecular complexity index is 1050. The fourth-order valence-electron chi connectivity index (χ4n) is 3.83. The number of amides is 1. The van der Waals surface area contributed by atoms with E-state index in [4.69, 9.17) is 10.5 Å². The van der Waals surface area contributed by atoms with Gasteiger partial charge in [-0.1, -0.05) is 72.8 Å². The highest BCUT2D eigenvalue weighted by atomic mass is 16.5. The summed E-state index contributed by atoms with van der Waals surface area (Å²) in [6.07, 6.45) is 3.83. The lowest BCUT2D eigenvalue weighted by atomic mass is 9.98. The molecule has 0 spiro atoms. The number of hydrogen-bond donors (Lipinski definition) is 3. The van der Waals surface area contributed by atoms with Gasteiger partial charge < -0.3 is 20.9 Å². The highest BCUT2D eigenvalue weighted by Crippen LogP contribution is 2.44. The normalized spacial score (nSPS) is 12.5. The van der Waals surface area contributed by atoms with Crippen LogP contribution in [-0.4, -0.2) is 24.4 Å². The minimum Gasteiger partial charge on any atom is -0.505 e. The van der Waals surface area contributed by atoms with E-state index >= 15 is 0 Å². The topological polar surface area (TPSA) is 84.6 Å². The molecule has 1 aliphatic carbocycles. The van der Waals surface area contributed by atoms with Gasteiger partial charge in [0.05, 0.1) is 5.69 Å². The molecule has 3 aromatic rings. The number of anilines is 1. The molecule has 0 heterocycles. The second-order valence-corrected chi connectivity index (χ2v) is 7.23. The van der Waals surface area contributed by atoms with Gasteiger partial charge in [0.2, 0.25) is 0 Å². The van der Waals surface area contributed by atoms with Crippen LogP contribution in [0.4, 0.5) is 10.5 Å².